The Balaban J connectivity index is 1.46. The van der Waals surface area contributed by atoms with Gasteiger partial charge in [0.2, 0.25) is 0 Å². The number of esters is 3. The highest BCUT2D eigenvalue weighted by Gasteiger charge is 2.24. The van der Waals surface area contributed by atoms with Gasteiger partial charge in [-0.2, -0.15) is 15.0 Å². The highest BCUT2D eigenvalue weighted by molar-refractivity contribution is 5.90. The Hall–Kier alpha value is -4.65. The molecular weight excluding hydrogens is 540 g/mol. The lowest BCUT2D eigenvalue weighted by atomic mass is 10.2. The van der Waals surface area contributed by atoms with Crippen LogP contribution in [0.25, 0.3) is 0 Å². The Morgan fingerprint density at radius 3 is 0.952 bits per heavy atom. The molecule has 1 aliphatic heterocycles. The minimum atomic E-state index is -0.365. The average Bonchev–Trinajstić information content (AvgIpc) is 2.98. The summed E-state index contributed by atoms with van der Waals surface area (Å²) < 4.78 is 15.2. The number of carbonyl (C=O) groups excluding carboxylic acids is 3. The van der Waals surface area contributed by atoms with E-state index in [4.69, 9.17) is 14.2 Å². The van der Waals surface area contributed by atoms with E-state index in [-0.39, 0.29) is 17.9 Å². The molecule has 3 aromatic carbocycles. The van der Waals surface area contributed by atoms with Gasteiger partial charge < -0.3 is 30.5 Å². The van der Waals surface area contributed by atoms with Crippen molar-refractivity contribution in [3.63, 3.8) is 0 Å². The van der Waals surface area contributed by atoms with E-state index in [0.717, 1.165) is 17.1 Å². The number of hydrazine groups is 3. The minimum absolute atomic E-state index is 0.315. The van der Waals surface area contributed by atoms with Crippen LogP contribution in [0, 0.1) is 0 Å². The van der Waals surface area contributed by atoms with Gasteiger partial charge >= 0.3 is 17.9 Å². The average molecular weight is 577 g/mol. The van der Waals surface area contributed by atoms with Crippen LogP contribution in [0.5, 0.6) is 0 Å². The Bertz CT molecular complexity index is 1160. The molecule has 1 saturated heterocycles. The van der Waals surface area contributed by atoms with E-state index in [0.29, 0.717) is 56.5 Å². The molecule has 0 spiro atoms. The molecule has 0 radical (unpaired) electrons. The maximum absolute atomic E-state index is 12.0. The molecule has 0 bridgehead atoms. The molecule has 0 unspecified atom stereocenters. The summed E-state index contributed by atoms with van der Waals surface area (Å²) in [6, 6.07) is 21.2. The van der Waals surface area contributed by atoms with E-state index in [1.165, 1.54) is 0 Å². The Morgan fingerprint density at radius 1 is 0.500 bits per heavy atom. The van der Waals surface area contributed by atoms with Crippen LogP contribution in [0.4, 0.5) is 17.1 Å². The van der Waals surface area contributed by atoms with Crippen molar-refractivity contribution in [1.82, 2.24) is 15.0 Å². The monoisotopic (exact) mass is 576 g/mol. The van der Waals surface area contributed by atoms with Crippen LogP contribution >= 0.6 is 0 Å². The largest absolute Gasteiger partial charge is 0.462 e. The van der Waals surface area contributed by atoms with Crippen molar-refractivity contribution in [2.45, 2.75) is 20.8 Å². The number of carbonyl (C=O) groups is 3. The summed E-state index contributed by atoms with van der Waals surface area (Å²) in [5.74, 6) is -1.10. The number of benzene rings is 3. The maximum Gasteiger partial charge on any atom is 0.338 e. The lowest BCUT2D eigenvalue weighted by Gasteiger charge is -2.42. The predicted molar refractivity (Wildman–Crippen MR) is 158 cm³/mol. The molecule has 12 nitrogen and oxygen atoms in total. The van der Waals surface area contributed by atoms with Crippen LogP contribution in [-0.2, 0) is 14.2 Å². The molecule has 0 atom stereocenters. The molecule has 42 heavy (non-hydrogen) atoms. The van der Waals surface area contributed by atoms with Crippen LogP contribution < -0.4 is 16.3 Å². The van der Waals surface area contributed by atoms with E-state index in [1.54, 1.807) is 57.2 Å². The number of rotatable bonds is 12. The van der Waals surface area contributed by atoms with Crippen LogP contribution in [0.2, 0.25) is 0 Å². The first-order valence-electron chi connectivity index (χ1n) is 13.7. The number of nitrogens with zero attached hydrogens (tertiary/aromatic N) is 3. The highest BCUT2D eigenvalue weighted by atomic mass is 16.5. The standard InChI is InChI=1S/C30H36N6O6/c1-4-40-28(37)22-7-13-25(14-8-22)31-34-19-35(32-26-15-9-23(10-16-26)29(38)41-5-2)21-36(20-34)33-27-17-11-24(12-18-27)30(39)42-6-3/h7-18,31-33H,4-6,19-21H2,1-3H3. The van der Waals surface area contributed by atoms with Crippen molar-refractivity contribution in [1.29, 1.82) is 0 Å². The van der Waals surface area contributed by atoms with E-state index in [9.17, 15) is 14.4 Å². The molecule has 1 fully saturated rings. The van der Waals surface area contributed by atoms with Crippen molar-refractivity contribution >= 4 is 35.0 Å². The van der Waals surface area contributed by atoms with Gasteiger partial charge in [0.1, 0.15) is 0 Å². The summed E-state index contributed by atoms with van der Waals surface area (Å²) in [6.45, 7) is 7.71. The predicted octanol–water partition coefficient (Wildman–Crippen LogP) is 4.39. The lowest BCUT2D eigenvalue weighted by Crippen LogP contribution is -2.59. The van der Waals surface area contributed by atoms with Crippen molar-refractivity contribution < 1.29 is 28.6 Å². The van der Waals surface area contributed by atoms with Gasteiger partial charge in [0.15, 0.2) is 0 Å². The number of ether oxygens (including phenoxy) is 3. The normalized spacial score (nSPS) is 14.1. The smallest absolute Gasteiger partial charge is 0.338 e. The number of anilines is 3. The first-order chi connectivity index (χ1) is 20.4. The summed E-state index contributed by atoms with van der Waals surface area (Å²) in [5, 5.41) is 5.93. The third-order valence-electron chi connectivity index (χ3n) is 6.07. The van der Waals surface area contributed by atoms with Crippen molar-refractivity contribution in [2.24, 2.45) is 0 Å². The van der Waals surface area contributed by atoms with Gasteiger partial charge in [-0.15, -0.1) is 0 Å². The molecule has 1 aliphatic rings. The van der Waals surface area contributed by atoms with Crippen molar-refractivity contribution in [3.8, 4) is 0 Å². The van der Waals surface area contributed by atoms with Crippen LogP contribution in [0.15, 0.2) is 72.8 Å². The zero-order valence-corrected chi connectivity index (χ0v) is 24.0. The minimum Gasteiger partial charge on any atom is -0.462 e. The SMILES string of the molecule is CCOC(=O)c1ccc(NN2CN(Nc3ccc(C(=O)OCC)cc3)CN(Nc3ccc(C(=O)OCC)cc3)C2)cc1. The molecule has 1 heterocycles. The van der Waals surface area contributed by atoms with E-state index >= 15 is 0 Å². The lowest BCUT2D eigenvalue weighted by molar-refractivity contribution is 0.0126. The molecule has 0 saturated carbocycles. The molecule has 0 aromatic heterocycles. The van der Waals surface area contributed by atoms with Gasteiger partial charge in [-0.1, -0.05) is 0 Å². The van der Waals surface area contributed by atoms with Crippen molar-refractivity contribution in [2.75, 3.05) is 56.1 Å². The Kier molecular flexibility index (Phi) is 10.7. The van der Waals surface area contributed by atoms with E-state index in [1.807, 2.05) is 51.4 Å². The Labute approximate surface area is 245 Å². The highest BCUT2D eigenvalue weighted by Crippen LogP contribution is 2.19. The molecule has 3 aromatic rings. The number of hydrogen-bond donors (Lipinski definition) is 3. The molecule has 4 rings (SSSR count). The molecule has 0 aliphatic carbocycles. The van der Waals surface area contributed by atoms with Gasteiger partial charge in [0.05, 0.1) is 56.5 Å². The summed E-state index contributed by atoms with van der Waals surface area (Å²) in [5.41, 5.74) is 14.0. The van der Waals surface area contributed by atoms with Crippen LogP contribution in [0.1, 0.15) is 51.8 Å². The van der Waals surface area contributed by atoms with Gasteiger partial charge in [0.25, 0.3) is 0 Å². The molecule has 222 valence electrons. The molecule has 0 amide bonds. The Morgan fingerprint density at radius 2 is 0.738 bits per heavy atom. The van der Waals surface area contributed by atoms with Gasteiger partial charge in [0, 0.05) is 17.1 Å². The third kappa shape index (κ3) is 8.43. The summed E-state index contributed by atoms with van der Waals surface area (Å²) in [4.78, 5) is 36.1. The van der Waals surface area contributed by atoms with Crippen LogP contribution in [0.3, 0.4) is 0 Å². The molecule has 3 N–H and O–H groups in total. The van der Waals surface area contributed by atoms with Crippen LogP contribution in [-0.4, -0.2) is 72.8 Å². The summed E-state index contributed by atoms with van der Waals surface area (Å²) in [6.07, 6.45) is 0. The maximum atomic E-state index is 12.0. The van der Waals surface area contributed by atoms with Gasteiger partial charge in [-0.25, -0.2) is 14.4 Å². The summed E-state index contributed by atoms with van der Waals surface area (Å²) in [7, 11) is 0. The second-order valence-corrected chi connectivity index (χ2v) is 9.27. The fourth-order valence-corrected chi connectivity index (χ4v) is 4.20. The van der Waals surface area contributed by atoms with Gasteiger partial charge in [-0.3, -0.25) is 0 Å². The number of nitrogens with one attached hydrogen (secondary N) is 3. The first kappa shape index (κ1) is 30.3. The fraction of sp³-hybridized carbons (Fsp3) is 0.300. The second kappa shape index (κ2) is 14.8. The van der Waals surface area contributed by atoms with E-state index < -0.39 is 0 Å². The van der Waals surface area contributed by atoms with Gasteiger partial charge in [-0.05, 0) is 93.6 Å². The van der Waals surface area contributed by atoms with Crippen molar-refractivity contribution in [3.05, 3.63) is 89.5 Å². The molecule has 12 heteroatoms. The van der Waals surface area contributed by atoms with E-state index in [2.05, 4.69) is 16.3 Å². The number of hydrogen-bond acceptors (Lipinski definition) is 12. The topological polar surface area (TPSA) is 125 Å². The zero-order valence-electron chi connectivity index (χ0n) is 24.0. The molecular formula is C30H36N6O6. The summed E-state index contributed by atoms with van der Waals surface area (Å²) >= 11 is 0. The zero-order chi connectivity index (χ0) is 29.9. The fourth-order valence-electron chi connectivity index (χ4n) is 4.20. The second-order valence-electron chi connectivity index (χ2n) is 9.27. The quantitative estimate of drug-likeness (QED) is 0.209. The third-order valence-corrected chi connectivity index (χ3v) is 6.07. The first-order valence-corrected chi connectivity index (χ1v) is 13.7.